The average Bonchev–Trinajstić information content (AvgIpc) is 3.57. The van der Waals surface area contributed by atoms with E-state index in [2.05, 4.69) is 20.1 Å². The first-order valence-electron chi connectivity index (χ1n) is 12.0. The molecule has 34 heavy (non-hydrogen) atoms. The zero-order valence-corrected chi connectivity index (χ0v) is 20.6. The van der Waals surface area contributed by atoms with Gasteiger partial charge in [0.15, 0.2) is 9.84 Å². The summed E-state index contributed by atoms with van der Waals surface area (Å²) in [6.07, 6.45) is 6.05. The molecule has 2 saturated heterocycles. The molecule has 3 aliphatic rings. The predicted molar refractivity (Wildman–Crippen MR) is 132 cm³/mol. The molecule has 5 rings (SSSR count). The van der Waals surface area contributed by atoms with Crippen molar-refractivity contribution in [2.45, 2.75) is 43.6 Å². The van der Waals surface area contributed by atoms with Crippen molar-refractivity contribution in [3.05, 3.63) is 42.0 Å². The van der Waals surface area contributed by atoms with E-state index in [4.69, 9.17) is 4.74 Å². The summed E-state index contributed by atoms with van der Waals surface area (Å²) in [6.45, 7) is 5.84. The highest BCUT2D eigenvalue weighted by atomic mass is 32.2. The Morgan fingerprint density at radius 3 is 2.53 bits per heavy atom. The molecule has 2 aliphatic heterocycles. The van der Waals surface area contributed by atoms with Crippen molar-refractivity contribution >= 4 is 33.1 Å². The SMILES string of the molecule is C[C@@H]1CN(c2cccc(NC(=O)c3ccc(S(C)(=O)=O)cc3N3CCC4(CC3)CC4)n2)CCO1. The zero-order valence-electron chi connectivity index (χ0n) is 19.8. The molecule has 1 N–H and O–H groups in total. The molecule has 0 bridgehead atoms. The fourth-order valence-corrected chi connectivity index (χ4v) is 5.61. The van der Waals surface area contributed by atoms with Gasteiger partial charge in [0.2, 0.25) is 0 Å². The quantitative estimate of drug-likeness (QED) is 0.696. The number of benzene rings is 1. The number of nitrogens with one attached hydrogen (secondary N) is 1. The number of aromatic nitrogens is 1. The maximum Gasteiger partial charge on any atom is 0.258 e. The Labute approximate surface area is 201 Å². The minimum atomic E-state index is -3.38. The number of ether oxygens (including phenoxy) is 1. The largest absolute Gasteiger partial charge is 0.375 e. The second-order valence-corrected chi connectivity index (χ2v) is 11.9. The molecule has 1 aromatic heterocycles. The fourth-order valence-electron chi connectivity index (χ4n) is 4.97. The number of hydrogen-bond donors (Lipinski definition) is 1. The van der Waals surface area contributed by atoms with Crippen molar-refractivity contribution in [1.82, 2.24) is 4.98 Å². The fraction of sp³-hybridized carbons (Fsp3) is 0.520. The molecule has 0 radical (unpaired) electrons. The van der Waals surface area contributed by atoms with E-state index in [1.54, 1.807) is 18.2 Å². The first kappa shape index (κ1) is 23.1. The second kappa shape index (κ2) is 8.85. The number of piperidine rings is 1. The normalized spacial score (nSPS) is 22.0. The lowest BCUT2D eigenvalue weighted by Crippen LogP contribution is -2.41. The van der Waals surface area contributed by atoms with Gasteiger partial charge in [-0.15, -0.1) is 0 Å². The highest BCUT2D eigenvalue weighted by molar-refractivity contribution is 7.90. The maximum absolute atomic E-state index is 13.4. The number of nitrogens with zero attached hydrogens (tertiary/aromatic N) is 3. The Bertz CT molecular complexity index is 1190. The van der Waals surface area contributed by atoms with E-state index < -0.39 is 9.84 Å². The van der Waals surface area contributed by atoms with Gasteiger partial charge >= 0.3 is 0 Å². The molecule has 1 aliphatic carbocycles. The third kappa shape index (κ3) is 4.90. The topological polar surface area (TPSA) is 91.8 Å². The minimum absolute atomic E-state index is 0.129. The van der Waals surface area contributed by atoms with Gasteiger partial charge in [0.05, 0.1) is 28.9 Å². The third-order valence-corrected chi connectivity index (χ3v) is 8.42. The smallest absolute Gasteiger partial charge is 0.258 e. The van der Waals surface area contributed by atoms with Crippen LogP contribution in [0, 0.1) is 5.41 Å². The summed E-state index contributed by atoms with van der Waals surface area (Å²) in [7, 11) is -3.38. The number of anilines is 3. The number of carbonyl (C=O) groups is 1. The highest BCUT2D eigenvalue weighted by Crippen LogP contribution is 2.54. The molecule has 1 atom stereocenters. The van der Waals surface area contributed by atoms with E-state index in [-0.39, 0.29) is 16.9 Å². The van der Waals surface area contributed by atoms with Crippen LogP contribution >= 0.6 is 0 Å². The summed E-state index contributed by atoms with van der Waals surface area (Å²) in [4.78, 5) is 22.5. The first-order chi connectivity index (χ1) is 16.2. The summed E-state index contributed by atoms with van der Waals surface area (Å²) in [5.41, 5.74) is 1.62. The number of hydrogen-bond acceptors (Lipinski definition) is 7. The van der Waals surface area contributed by atoms with Crippen LogP contribution in [0.1, 0.15) is 43.0 Å². The molecule has 8 nitrogen and oxygen atoms in total. The van der Waals surface area contributed by atoms with Crippen molar-refractivity contribution in [2.24, 2.45) is 5.41 Å². The van der Waals surface area contributed by atoms with Crippen molar-refractivity contribution < 1.29 is 17.9 Å². The van der Waals surface area contributed by atoms with E-state index in [1.165, 1.54) is 25.2 Å². The highest BCUT2D eigenvalue weighted by Gasteiger charge is 2.44. The molecule has 1 amide bonds. The van der Waals surface area contributed by atoms with E-state index in [9.17, 15) is 13.2 Å². The van der Waals surface area contributed by atoms with E-state index in [0.29, 0.717) is 29.1 Å². The molecule has 9 heteroatoms. The molecule has 2 aromatic rings. The van der Waals surface area contributed by atoms with E-state index in [1.807, 2.05) is 19.1 Å². The Balaban J connectivity index is 1.39. The molecule has 1 aromatic carbocycles. The Hall–Kier alpha value is -2.65. The van der Waals surface area contributed by atoms with Crippen LogP contribution in [-0.2, 0) is 14.6 Å². The Morgan fingerprint density at radius 1 is 1.09 bits per heavy atom. The molecule has 3 fully saturated rings. The van der Waals surface area contributed by atoms with Crippen molar-refractivity contribution in [1.29, 1.82) is 0 Å². The second-order valence-electron chi connectivity index (χ2n) is 9.90. The Kier molecular flexibility index (Phi) is 6.02. The number of pyridine rings is 1. The summed E-state index contributed by atoms with van der Waals surface area (Å²) in [5, 5.41) is 2.93. The Morgan fingerprint density at radius 2 is 1.85 bits per heavy atom. The molecule has 0 unspecified atom stereocenters. The van der Waals surface area contributed by atoms with Gasteiger partial charge in [-0.3, -0.25) is 4.79 Å². The summed E-state index contributed by atoms with van der Waals surface area (Å²) in [5.74, 6) is 0.975. The lowest BCUT2D eigenvalue weighted by molar-refractivity contribution is 0.0529. The summed E-state index contributed by atoms with van der Waals surface area (Å²) < 4.78 is 30.1. The van der Waals surface area contributed by atoms with Crippen LogP contribution in [-0.4, -0.2) is 64.5 Å². The third-order valence-electron chi connectivity index (χ3n) is 7.30. The number of carbonyl (C=O) groups excluding carboxylic acids is 1. The van der Waals surface area contributed by atoms with Crippen molar-refractivity contribution in [2.75, 3.05) is 54.2 Å². The van der Waals surface area contributed by atoms with Gasteiger partial charge in [-0.2, -0.15) is 0 Å². The number of morpholine rings is 1. The molecule has 3 heterocycles. The standard InChI is InChI=1S/C25H32N4O4S/c1-18-17-29(14-15-33-18)23-5-3-4-22(26-23)27-24(30)20-7-6-19(34(2,31)32)16-21(20)28-12-10-25(8-9-25)11-13-28/h3-7,16,18H,8-15,17H2,1-2H3,(H,26,27,30)/t18-/m1/s1. The average molecular weight is 485 g/mol. The van der Waals surface area contributed by atoms with Gasteiger partial charge < -0.3 is 19.9 Å². The van der Waals surface area contributed by atoms with Crippen LogP contribution in [0.25, 0.3) is 0 Å². The van der Waals surface area contributed by atoms with Gasteiger partial charge in [0.25, 0.3) is 5.91 Å². The van der Waals surface area contributed by atoms with Gasteiger partial charge in [-0.25, -0.2) is 13.4 Å². The number of sulfone groups is 1. The number of rotatable bonds is 5. The molecular weight excluding hydrogens is 452 g/mol. The van der Waals surface area contributed by atoms with Crippen molar-refractivity contribution in [3.8, 4) is 0 Å². The van der Waals surface area contributed by atoms with E-state index >= 15 is 0 Å². The van der Waals surface area contributed by atoms with Gasteiger partial charge in [0, 0.05) is 32.4 Å². The molecule has 182 valence electrons. The van der Waals surface area contributed by atoms with Crippen molar-refractivity contribution in [3.63, 3.8) is 0 Å². The van der Waals surface area contributed by atoms with Crippen LogP contribution in [0.2, 0.25) is 0 Å². The van der Waals surface area contributed by atoms with Gasteiger partial charge in [-0.1, -0.05) is 6.07 Å². The van der Waals surface area contributed by atoms with Crippen LogP contribution in [0.5, 0.6) is 0 Å². The molecular formula is C25H32N4O4S. The monoisotopic (exact) mass is 484 g/mol. The van der Waals surface area contributed by atoms with Crippen LogP contribution < -0.4 is 15.1 Å². The first-order valence-corrected chi connectivity index (χ1v) is 13.9. The number of amides is 1. The minimum Gasteiger partial charge on any atom is -0.375 e. The lowest BCUT2D eigenvalue weighted by Gasteiger charge is -2.35. The summed E-state index contributed by atoms with van der Waals surface area (Å²) >= 11 is 0. The zero-order chi connectivity index (χ0) is 23.9. The van der Waals surface area contributed by atoms with Gasteiger partial charge in [0.1, 0.15) is 11.6 Å². The van der Waals surface area contributed by atoms with E-state index in [0.717, 1.165) is 44.8 Å². The van der Waals surface area contributed by atoms with Crippen LogP contribution in [0.4, 0.5) is 17.3 Å². The molecule has 1 spiro atoms. The predicted octanol–water partition coefficient (Wildman–Crippen LogP) is 3.34. The van der Waals surface area contributed by atoms with Crippen LogP contribution in [0.15, 0.2) is 41.3 Å². The van der Waals surface area contributed by atoms with Crippen LogP contribution in [0.3, 0.4) is 0 Å². The summed E-state index contributed by atoms with van der Waals surface area (Å²) in [6, 6.07) is 10.4. The maximum atomic E-state index is 13.4. The lowest BCUT2D eigenvalue weighted by atomic mass is 9.93. The molecule has 1 saturated carbocycles. The van der Waals surface area contributed by atoms with Gasteiger partial charge in [-0.05, 0) is 68.4 Å².